The van der Waals surface area contributed by atoms with Gasteiger partial charge >= 0.3 is 0 Å². The van der Waals surface area contributed by atoms with Crippen molar-refractivity contribution in [2.45, 2.75) is 11.7 Å². The van der Waals surface area contributed by atoms with Gasteiger partial charge in [-0.05, 0) is 6.42 Å². The molecule has 0 aliphatic carbocycles. The summed E-state index contributed by atoms with van der Waals surface area (Å²) < 4.78 is 29.9. The van der Waals surface area contributed by atoms with E-state index in [-0.39, 0.29) is 13.2 Å². The molecule has 0 unspecified atom stereocenters. The van der Waals surface area contributed by atoms with E-state index in [1.54, 1.807) is 0 Å². The summed E-state index contributed by atoms with van der Waals surface area (Å²) in [5.41, 5.74) is 0. The van der Waals surface area contributed by atoms with Crippen molar-refractivity contribution in [3.63, 3.8) is 0 Å². The summed E-state index contributed by atoms with van der Waals surface area (Å²) >= 11 is 0. The molecule has 1 aliphatic heterocycles. The smallest absolute Gasteiger partial charge is 0.217 e. The Kier molecular flexibility index (Phi) is 3.09. The normalized spacial score (nSPS) is 23.8. The van der Waals surface area contributed by atoms with Crippen LogP contribution in [0.5, 0.6) is 0 Å². The summed E-state index contributed by atoms with van der Waals surface area (Å²) in [6.45, 7) is 0.848. The Morgan fingerprint density at radius 3 is 2.92 bits per heavy atom. The second-order valence-corrected chi connectivity index (χ2v) is 4.60. The van der Waals surface area contributed by atoms with Crippen LogP contribution in [-0.2, 0) is 14.8 Å². The minimum absolute atomic E-state index is 0.0544. The van der Waals surface area contributed by atoms with Crippen LogP contribution >= 0.6 is 0 Å². The molecule has 1 heterocycles. The Hall–Kier alpha value is -0.570. The number of terminal acetylenes is 1. The molecule has 5 heteroatoms. The van der Waals surface area contributed by atoms with Crippen molar-refractivity contribution in [3.8, 4) is 12.3 Å². The highest BCUT2D eigenvalue weighted by Gasteiger charge is 2.28. The lowest BCUT2D eigenvalue weighted by Gasteiger charge is -2.08. The van der Waals surface area contributed by atoms with Crippen molar-refractivity contribution in [2.24, 2.45) is 0 Å². The zero-order chi connectivity index (χ0) is 9.03. The van der Waals surface area contributed by atoms with E-state index in [0.29, 0.717) is 13.0 Å². The molecular weight excluding hydrogens is 178 g/mol. The first kappa shape index (κ1) is 9.52. The summed E-state index contributed by atoms with van der Waals surface area (Å²) in [6, 6.07) is 0. The maximum Gasteiger partial charge on any atom is 0.217 e. The van der Waals surface area contributed by atoms with E-state index in [4.69, 9.17) is 11.2 Å². The Morgan fingerprint density at radius 2 is 2.42 bits per heavy atom. The largest absolute Gasteiger partial charge is 0.380 e. The fourth-order valence-corrected chi connectivity index (χ4v) is 2.22. The van der Waals surface area contributed by atoms with Crippen LogP contribution in [-0.4, -0.2) is 33.4 Å². The molecule has 4 nitrogen and oxygen atoms in total. The Balaban J connectivity index is 2.53. The first-order chi connectivity index (χ1) is 5.67. The average molecular weight is 189 g/mol. The predicted octanol–water partition coefficient (Wildman–Crippen LogP) is -0.672. The lowest BCUT2D eigenvalue weighted by Crippen LogP contribution is -2.34. The van der Waals surface area contributed by atoms with E-state index in [9.17, 15) is 8.42 Å². The maximum atomic E-state index is 11.3. The SMILES string of the molecule is C#CCNS(=O)(=O)[C@H]1CCOC1. The fraction of sp³-hybridized carbons (Fsp3) is 0.714. The third kappa shape index (κ3) is 2.21. The van der Waals surface area contributed by atoms with Gasteiger partial charge in [0.25, 0.3) is 0 Å². The van der Waals surface area contributed by atoms with Crippen LogP contribution < -0.4 is 4.72 Å². The van der Waals surface area contributed by atoms with Gasteiger partial charge < -0.3 is 4.74 Å². The van der Waals surface area contributed by atoms with Crippen LogP contribution in [0.25, 0.3) is 0 Å². The lowest BCUT2D eigenvalue weighted by atomic mass is 10.4. The molecular formula is C7H11NO3S. The second-order valence-electron chi connectivity index (χ2n) is 2.56. The lowest BCUT2D eigenvalue weighted by molar-refractivity contribution is 0.198. The number of hydrogen-bond acceptors (Lipinski definition) is 3. The zero-order valence-electron chi connectivity index (χ0n) is 6.62. The first-order valence-corrected chi connectivity index (χ1v) is 5.21. The average Bonchev–Trinajstić information content (AvgIpc) is 2.53. The van der Waals surface area contributed by atoms with Crippen LogP contribution in [0.1, 0.15) is 6.42 Å². The van der Waals surface area contributed by atoms with Crippen LogP contribution in [0.3, 0.4) is 0 Å². The molecule has 68 valence electrons. The van der Waals surface area contributed by atoms with Crippen molar-refractivity contribution in [1.82, 2.24) is 4.72 Å². The minimum atomic E-state index is -3.24. The Bertz CT molecular complexity index is 272. The predicted molar refractivity (Wildman–Crippen MR) is 45.0 cm³/mol. The zero-order valence-corrected chi connectivity index (χ0v) is 7.43. The molecule has 0 aromatic rings. The molecule has 1 rings (SSSR count). The molecule has 0 spiro atoms. The van der Waals surface area contributed by atoms with Crippen molar-refractivity contribution >= 4 is 10.0 Å². The Labute approximate surface area is 72.3 Å². The highest BCUT2D eigenvalue weighted by atomic mass is 32.2. The van der Waals surface area contributed by atoms with Gasteiger partial charge in [0.1, 0.15) is 5.25 Å². The van der Waals surface area contributed by atoms with Crippen molar-refractivity contribution in [3.05, 3.63) is 0 Å². The second kappa shape index (κ2) is 3.90. The highest BCUT2D eigenvalue weighted by Crippen LogP contribution is 2.11. The van der Waals surface area contributed by atoms with Crippen LogP contribution in [0.2, 0.25) is 0 Å². The summed E-state index contributed by atoms with van der Waals surface area (Å²) in [5.74, 6) is 2.22. The van der Waals surface area contributed by atoms with Gasteiger partial charge in [0.05, 0.1) is 13.2 Å². The first-order valence-electron chi connectivity index (χ1n) is 3.66. The van der Waals surface area contributed by atoms with Crippen molar-refractivity contribution in [2.75, 3.05) is 19.8 Å². The standard InChI is InChI=1S/C7H11NO3S/c1-2-4-8-12(9,10)7-3-5-11-6-7/h1,7-8H,3-6H2/t7-/m0/s1. The number of nitrogens with one attached hydrogen (secondary N) is 1. The molecule has 12 heavy (non-hydrogen) atoms. The van der Waals surface area contributed by atoms with Crippen molar-refractivity contribution in [1.29, 1.82) is 0 Å². The number of sulfonamides is 1. The van der Waals surface area contributed by atoms with Crippen LogP contribution in [0.15, 0.2) is 0 Å². The molecule has 1 aliphatic rings. The molecule has 0 radical (unpaired) electrons. The van der Waals surface area contributed by atoms with Crippen molar-refractivity contribution < 1.29 is 13.2 Å². The Morgan fingerprint density at radius 1 is 1.67 bits per heavy atom. The van der Waals surface area contributed by atoms with E-state index in [1.165, 1.54) is 0 Å². The van der Waals surface area contributed by atoms with Gasteiger partial charge in [-0.3, -0.25) is 0 Å². The molecule has 1 saturated heterocycles. The van der Waals surface area contributed by atoms with Crippen LogP contribution in [0, 0.1) is 12.3 Å². The van der Waals surface area contributed by atoms with Crippen LogP contribution in [0.4, 0.5) is 0 Å². The van der Waals surface area contributed by atoms with Gasteiger partial charge in [-0.2, -0.15) is 0 Å². The monoisotopic (exact) mass is 189 g/mol. The molecule has 0 aromatic carbocycles. The third-order valence-electron chi connectivity index (χ3n) is 1.70. The van der Waals surface area contributed by atoms with Gasteiger partial charge in [0.2, 0.25) is 10.0 Å². The number of ether oxygens (including phenoxy) is 1. The van der Waals surface area contributed by atoms with E-state index < -0.39 is 15.3 Å². The fourth-order valence-electron chi connectivity index (χ4n) is 1.02. The van der Waals surface area contributed by atoms with Gasteiger partial charge in [0.15, 0.2) is 0 Å². The quantitative estimate of drug-likeness (QED) is 0.599. The topological polar surface area (TPSA) is 55.4 Å². The van der Waals surface area contributed by atoms with E-state index in [1.807, 2.05) is 0 Å². The molecule has 1 N–H and O–H groups in total. The number of hydrogen-bond donors (Lipinski definition) is 1. The van der Waals surface area contributed by atoms with Gasteiger partial charge in [-0.15, -0.1) is 6.42 Å². The van der Waals surface area contributed by atoms with Gasteiger partial charge in [-0.25, -0.2) is 13.1 Å². The summed E-state index contributed by atoms with van der Waals surface area (Å²) in [7, 11) is -3.24. The van der Waals surface area contributed by atoms with Gasteiger partial charge in [-0.1, -0.05) is 5.92 Å². The summed E-state index contributed by atoms with van der Waals surface area (Å²) in [5, 5.41) is -0.425. The van der Waals surface area contributed by atoms with Gasteiger partial charge in [0, 0.05) is 6.61 Å². The molecule has 0 bridgehead atoms. The maximum absolute atomic E-state index is 11.3. The molecule has 0 amide bonds. The number of rotatable bonds is 3. The third-order valence-corrected chi connectivity index (χ3v) is 3.50. The van der Waals surface area contributed by atoms with E-state index >= 15 is 0 Å². The minimum Gasteiger partial charge on any atom is -0.380 e. The van der Waals surface area contributed by atoms with E-state index in [2.05, 4.69) is 10.6 Å². The summed E-state index contributed by atoms with van der Waals surface area (Å²) in [6.07, 6.45) is 5.48. The molecule has 1 atom stereocenters. The molecule has 0 saturated carbocycles. The van der Waals surface area contributed by atoms with E-state index in [0.717, 1.165) is 0 Å². The molecule has 0 aromatic heterocycles. The molecule has 1 fully saturated rings. The summed E-state index contributed by atoms with van der Waals surface area (Å²) in [4.78, 5) is 0. The highest BCUT2D eigenvalue weighted by molar-refractivity contribution is 7.90.